The van der Waals surface area contributed by atoms with Gasteiger partial charge in [-0.05, 0) is 43.7 Å². The lowest BCUT2D eigenvalue weighted by Gasteiger charge is -2.15. The van der Waals surface area contributed by atoms with Crippen LogP contribution in [0.15, 0.2) is 18.2 Å². The second kappa shape index (κ2) is 5.69. The number of rotatable bonds is 4. The molecular weight excluding hydrogens is 248 g/mol. The van der Waals surface area contributed by atoms with E-state index in [1.165, 1.54) is 29.5 Å². The molecule has 0 radical (unpaired) electrons. The summed E-state index contributed by atoms with van der Waals surface area (Å²) in [6.45, 7) is 8.93. The largest absolute Gasteiger partial charge is 0.0894 e. The molecule has 0 heterocycles. The van der Waals surface area contributed by atoms with Crippen LogP contribution in [0.25, 0.3) is 0 Å². The van der Waals surface area contributed by atoms with E-state index in [0.717, 1.165) is 5.92 Å². The smallest absolute Gasteiger partial charge is 0.0120 e. The minimum Gasteiger partial charge on any atom is -0.0894 e. The normalized spacial score (nSPS) is 15.0. The molecule has 1 aromatic rings. The van der Waals surface area contributed by atoms with Gasteiger partial charge in [0, 0.05) is 4.83 Å². The Bertz CT molecular complexity index is 315. The second-order valence-electron chi connectivity index (χ2n) is 4.76. The van der Waals surface area contributed by atoms with E-state index in [9.17, 15) is 0 Å². The molecule has 0 aliphatic rings. The van der Waals surface area contributed by atoms with Crippen molar-refractivity contribution in [2.24, 2.45) is 5.92 Å². The zero-order valence-corrected chi connectivity index (χ0v) is 11.8. The fourth-order valence-corrected chi connectivity index (χ4v) is 2.67. The Morgan fingerprint density at radius 2 is 1.87 bits per heavy atom. The highest BCUT2D eigenvalue weighted by Crippen LogP contribution is 2.20. The number of alkyl halides is 1. The van der Waals surface area contributed by atoms with Crippen molar-refractivity contribution in [3.05, 3.63) is 34.9 Å². The standard InChI is InChI=1S/C14H21Br/c1-10-5-6-12(3)14(8-10)9-11(2)7-13(4)15/h5-6,8,11,13H,7,9H2,1-4H3. The number of aryl methyl sites for hydroxylation is 2. The Labute approximate surface area is 102 Å². The topological polar surface area (TPSA) is 0 Å². The summed E-state index contributed by atoms with van der Waals surface area (Å²) in [6, 6.07) is 6.75. The van der Waals surface area contributed by atoms with E-state index in [1.807, 2.05) is 0 Å². The Morgan fingerprint density at radius 3 is 2.47 bits per heavy atom. The van der Waals surface area contributed by atoms with Crippen LogP contribution in [0.4, 0.5) is 0 Å². The first-order valence-corrected chi connectivity index (χ1v) is 6.60. The van der Waals surface area contributed by atoms with Gasteiger partial charge >= 0.3 is 0 Å². The Kier molecular flexibility index (Phi) is 4.85. The number of hydrogen-bond donors (Lipinski definition) is 0. The van der Waals surface area contributed by atoms with Crippen LogP contribution in [0, 0.1) is 19.8 Å². The molecule has 0 saturated carbocycles. The van der Waals surface area contributed by atoms with Crippen LogP contribution in [0.3, 0.4) is 0 Å². The summed E-state index contributed by atoms with van der Waals surface area (Å²) >= 11 is 3.62. The first-order chi connectivity index (χ1) is 6.99. The van der Waals surface area contributed by atoms with Gasteiger partial charge < -0.3 is 0 Å². The van der Waals surface area contributed by atoms with Gasteiger partial charge in [0.1, 0.15) is 0 Å². The van der Waals surface area contributed by atoms with E-state index >= 15 is 0 Å². The molecule has 2 unspecified atom stereocenters. The first-order valence-electron chi connectivity index (χ1n) is 5.69. The van der Waals surface area contributed by atoms with Crippen molar-refractivity contribution in [1.82, 2.24) is 0 Å². The Hall–Kier alpha value is -0.300. The molecular formula is C14H21Br. The zero-order chi connectivity index (χ0) is 11.4. The number of benzene rings is 1. The minimum absolute atomic E-state index is 0.623. The Morgan fingerprint density at radius 1 is 1.20 bits per heavy atom. The average Bonchev–Trinajstić information content (AvgIpc) is 2.10. The second-order valence-corrected chi connectivity index (χ2v) is 6.32. The van der Waals surface area contributed by atoms with Crippen molar-refractivity contribution in [2.45, 2.75) is 45.4 Å². The van der Waals surface area contributed by atoms with Gasteiger partial charge in [-0.15, -0.1) is 0 Å². The van der Waals surface area contributed by atoms with Crippen molar-refractivity contribution >= 4 is 15.9 Å². The van der Waals surface area contributed by atoms with E-state index in [1.54, 1.807) is 0 Å². The quantitative estimate of drug-likeness (QED) is 0.697. The van der Waals surface area contributed by atoms with Crippen LogP contribution in [0.2, 0.25) is 0 Å². The number of halogens is 1. The summed E-state index contributed by atoms with van der Waals surface area (Å²) in [5, 5.41) is 0. The maximum absolute atomic E-state index is 3.62. The fraction of sp³-hybridized carbons (Fsp3) is 0.571. The lowest BCUT2D eigenvalue weighted by atomic mass is 9.93. The lowest BCUT2D eigenvalue weighted by molar-refractivity contribution is 0.531. The van der Waals surface area contributed by atoms with E-state index in [4.69, 9.17) is 0 Å². The average molecular weight is 269 g/mol. The van der Waals surface area contributed by atoms with Crippen molar-refractivity contribution in [2.75, 3.05) is 0 Å². The molecule has 0 aromatic heterocycles. The van der Waals surface area contributed by atoms with Crippen LogP contribution in [-0.2, 0) is 6.42 Å². The molecule has 15 heavy (non-hydrogen) atoms. The third-order valence-corrected chi connectivity index (χ3v) is 3.17. The van der Waals surface area contributed by atoms with E-state index < -0.39 is 0 Å². The van der Waals surface area contributed by atoms with Crippen molar-refractivity contribution in [3.8, 4) is 0 Å². The van der Waals surface area contributed by atoms with Gasteiger partial charge in [-0.1, -0.05) is 53.5 Å². The van der Waals surface area contributed by atoms with Crippen LogP contribution >= 0.6 is 15.9 Å². The van der Waals surface area contributed by atoms with E-state index in [0.29, 0.717) is 4.83 Å². The molecule has 0 aliphatic heterocycles. The molecule has 2 atom stereocenters. The molecule has 0 nitrogen and oxygen atoms in total. The molecule has 0 amide bonds. The summed E-state index contributed by atoms with van der Waals surface area (Å²) < 4.78 is 0. The molecule has 84 valence electrons. The lowest BCUT2D eigenvalue weighted by Crippen LogP contribution is -2.06. The third kappa shape index (κ3) is 4.38. The minimum atomic E-state index is 0.623. The first kappa shape index (κ1) is 12.8. The highest BCUT2D eigenvalue weighted by atomic mass is 79.9. The summed E-state index contributed by atoms with van der Waals surface area (Å²) in [6.07, 6.45) is 2.44. The van der Waals surface area contributed by atoms with Crippen molar-refractivity contribution in [1.29, 1.82) is 0 Å². The van der Waals surface area contributed by atoms with Gasteiger partial charge in [0.2, 0.25) is 0 Å². The predicted molar refractivity (Wildman–Crippen MR) is 71.8 cm³/mol. The van der Waals surface area contributed by atoms with E-state index in [2.05, 4.69) is 61.8 Å². The zero-order valence-electron chi connectivity index (χ0n) is 10.2. The maximum Gasteiger partial charge on any atom is 0.0120 e. The SMILES string of the molecule is Cc1ccc(C)c(CC(C)CC(C)Br)c1. The highest BCUT2D eigenvalue weighted by molar-refractivity contribution is 9.09. The molecule has 1 heteroatoms. The van der Waals surface area contributed by atoms with Crippen LogP contribution < -0.4 is 0 Å². The molecule has 0 N–H and O–H groups in total. The van der Waals surface area contributed by atoms with Crippen molar-refractivity contribution < 1.29 is 0 Å². The molecule has 0 bridgehead atoms. The third-order valence-electron chi connectivity index (χ3n) is 2.80. The Balaban J connectivity index is 2.67. The van der Waals surface area contributed by atoms with Gasteiger partial charge in [0.25, 0.3) is 0 Å². The van der Waals surface area contributed by atoms with Gasteiger partial charge in [0.05, 0.1) is 0 Å². The molecule has 1 rings (SSSR count). The van der Waals surface area contributed by atoms with Crippen LogP contribution in [0.1, 0.15) is 37.0 Å². The van der Waals surface area contributed by atoms with Crippen LogP contribution in [-0.4, -0.2) is 4.83 Å². The fourth-order valence-electron chi connectivity index (χ4n) is 2.03. The molecule has 0 aliphatic carbocycles. The summed E-state index contributed by atoms with van der Waals surface area (Å²) in [7, 11) is 0. The monoisotopic (exact) mass is 268 g/mol. The van der Waals surface area contributed by atoms with Gasteiger partial charge in [-0.25, -0.2) is 0 Å². The molecule has 1 aromatic carbocycles. The van der Waals surface area contributed by atoms with Gasteiger partial charge in [-0.3, -0.25) is 0 Å². The molecule has 0 saturated heterocycles. The van der Waals surface area contributed by atoms with E-state index in [-0.39, 0.29) is 0 Å². The summed E-state index contributed by atoms with van der Waals surface area (Å²) in [4.78, 5) is 0.623. The summed E-state index contributed by atoms with van der Waals surface area (Å²) in [5.74, 6) is 0.750. The van der Waals surface area contributed by atoms with Gasteiger partial charge in [0.15, 0.2) is 0 Å². The van der Waals surface area contributed by atoms with Crippen LogP contribution in [0.5, 0.6) is 0 Å². The number of hydrogen-bond acceptors (Lipinski definition) is 0. The molecule has 0 spiro atoms. The summed E-state index contributed by atoms with van der Waals surface area (Å²) in [5.41, 5.74) is 4.31. The predicted octanol–water partition coefficient (Wildman–Crippen LogP) is 4.66. The highest BCUT2D eigenvalue weighted by Gasteiger charge is 2.08. The maximum atomic E-state index is 3.62. The molecule has 0 fully saturated rings. The van der Waals surface area contributed by atoms with Crippen molar-refractivity contribution in [3.63, 3.8) is 0 Å². The van der Waals surface area contributed by atoms with Gasteiger partial charge in [-0.2, -0.15) is 0 Å².